The van der Waals surface area contributed by atoms with E-state index in [1.807, 2.05) is 53.4 Å². The topological polar surface area (TPSA) is 41.9 Å². The smallest absolute Gasteiger partial charge is 0.182 e. The molecule has 1 aliphatic rings. The number of Topliss-reactive ketones (excluding diaryl/α,β-unsaturated/α-hetero) is 1. The van der Waals surface area contributed by atoms with Crippen LogP contribution in [0.1, 0.15) is 22.8 Å². The highest BCUT2D eigenvalue weighted by atomic mass is 79.9. The average molecular weight is 435 g/mol. The summed E-state index contributed by atoms with van der Waals surface area (Å²) in [7, 11) is 1.65. The molecule has 0 atom stereocenters. The number of ketones is 1. The maximum atomic E-state index is 12.8. The Hall–Kier alpha value is -1.79. The Morgan fingerprint density at radius 1 is 1.15 bits per heavy atom. The number of thioether (sulfide) groups is 1. The third-order valence-electron chi connectivity index (χ3n) is 4.17. The first-order valence-electron chi connectivity index (χ1n) is 8.42. The predicted molar refractivity (Wildman–Crippen MR) is 116 cm³/mol. The number of carbonyl (C=O) groups is 1. The second-order valence-corrected chi connectivity index (χ2v) is 6.83. The van der Waals surface area contributed by atoms with Crippen LogP contribution in [0.5, 0.6) is 5.75 Å². The molecule has 0 amide bonds. The van der Waals surface area contributed by atoms with Crippen LogP contribution in [0, 0.1) is 0 Å². The van der Waals surface area contributed by atoms with Crippen molar-refractivity contribution in [1.82, 2.24) is 0 Å². The Balaban J connectivity index is 0.00000243. The number of amidine groups is 1. The summed E-state index contributed by atoms with van der Waals surface area (Å²) in [5.41, 5.74) is 2.92. The first kappa shape index (κ1) is 20.5. The van der Waals surface area contributed by atoms with E-state index in [0.717, 1.165) is 40.9 Å². The Labute approximate surface area is 169 Å². The van der Waals surface area contributed by atoms with Gasteiger partial charge in [-0.25, -0.2) is 0 Å². The van der Waals surface area contributed by atoms with Gasteiger partial charge in [-0.3, -0.25) is 9.79 Å². The first-order chi connectivity index (χ1) is 12.2. The molecule has 0 radical (unpaired) electrons. The molecule has 138 valence electrons. The van der Waals surface area contributed by atoms with Gasteiger partial charge >= 0.3 is 0 Å². The minimum absolute atomic E-state index is 0. The van der Waals surface area contributed by atoms with Crippen molar-refractivity contribution in [2.75, 3.05) is 30.9 Å². The molecule has 0 unspecified atom stereocenters. The predicted octanol–water partition coefficient (Wildman–Crippen LogP) is 4.63. The normalized spacial score (nSPS) is 12.9. The van der Waals surface area contributed by atoms with Crippen molar-refractivity contribution in [1.29, 1.82) is 0 Å². The second kappa shape index (κ2) is 9.78. The summed E-state index contributed by atoms with van der Waals surface area (Å²) in [5, 5.41) is 0.906. The highest BCUT2D eigenvalue weighted by Gasteiger charge is 2.21. The molecule has 1 heterocycles. The van der Waals surface area contributed by atoms with Gasteiger partial charge in [-0.15, -0.1) is 17.0 Å². The van der Waals surface area contributed by atoms with Gasteiger partial charge in [0.05, 0.1) is 20.2 Å². The molecule has 1 aliphatic heterocycles. The zero-order valence-electron chi connectivity index (χ0n) is 15.0. The molecule has 0 spiro atoms. The number of halogens is 1. The SMILES string of the molecule is Br.CCc1ccc(C(=O)CN(C2=NCCS2)c2ccc(OC)cc2)cc1. The number of aliphatic imine (C=N–C) groups is 1. The fraction of sp³-hybridized carbons (Fsp3) is 0.300. The quantitative estimate of drug-likeness (QED) is 0.621. The third-order valence-corrected chi connectivity index (χ3v) is 5.16. The molecule has 0 fully saturated rings. The Morgan fingerprint density at radius 3 is 2.38 bits per heavy atom. The first-order valence-corrected chi connectivity index (χ1v) is 9.41. The standard InChI is InChI=1S/C20H22N2O2S.BrH/c1-3-15-4-6-16(7-5-15)19(23)14-22(20-21-12-13-25-20)17-8-10-18(24-2)11-9-17;/h4-11H,3,12-14H2,1-2H3;1H. The van der Waals surface area contributed by atoms with Crippen LogP contribution in [0.15, 0.2) is 53.5 Å². The lowest BCUT2D eigenvalue weighted by atomic mass is 10.1. The maximum absolute atomic E-state index is 12.8. The molecule has 4 nitrogen and oxygen atoms in total. The highest BCUT2D eigenvalue weighted by Crippen LogP contribution is 2.25. The van der Waals surface area contributed by atoms with Gasteiger partial charge in [-0.05, 0) is 36.2 Å². The lowest BCUT2D eigenvalue weighted by Gasteiger charge is -2.23. The number of ether oxygens (including phenoxy) is 1. The van der Waals surface area contributed by atoms with E-state index in [1.165, 1.54) is 5.56 Å². The summed E-state index contributed by atoms with van der Waals surface area (Å²) < 4.78 is 5.23. The van der Waals surface area contributed by atoms with E-state index >= 15 is 0 Å². The fourth-order valence-corrected chi connectivity index (χ4v) is 3.55. The van der Waals surface area contributed by atoms with E-state index in [1.54, 1.807) is 18.9 Å². The number of aryl methyl sites for hydroxylation is 1. The van der Waals surface area contributed by atoms with Gasteiger partial charge in [0.2, 0.25) is 0 Å². The van der Waals surface area contributed by atoms with E-state index in [0.29, 0.717) is 0 Å². The Morgan fingerprint density at radius 2 is 1.85 bits per heavy atom. The molecule has 3 rings (SSSR count). The van der Waals surface area contributed by atoms with Crippen molar-refractivity contribution < 1.29 is 9.53 Å². The number of rotatable bonds is 6. The summed E-state index contributed by atoms with van der Waals surface area (Å²) in [4.78, 5) is 19.3. The number of nitrogens with zero attached hydrogens (tertiary/aromatic N) is 2. The van der Waals surface area contributed by atoms with Crippen LogP contribution in [0.3, 0.4) is 0 Å². The number of carbonyl (C=O) groups excluding carboxylic acids is 1. The van der Waals surface area contributed by atoms with Crippen LogP contribution in [0.4, 0.5) is 5.69 Å². The van der Waals surface area contributed by atoms with Crippen LogP contribution in [-0.2, 0) is 6.42 Å². The van der Waals surface area contributed by atoms with Gasteiger partial charge in [0.1, 0.15) is 5.75 Å². The van der Waals surface area contributed by atoms with Crippen molar-refractivity contribution in [2.24, 2.45) is 4.99 Å². The lowest BCUT2D eigenvalue weighted by molar-refractivity contribution is 0.100. The number of anilines is 1. The van der Waals surface area contributed by atoms with E-state index < -0.39 is 0 Å². The summed E-state index contributed by atoms with van der Waals surface area (Å²) in [6, 6.07) is 15.6. The minimum atomic E-state index is 0. The van der Waals surface area contributed by atoms with E-state index in [9.17, 15) is 4.79 Å². The molecule has 26 heavy (non-hydrogen) atoms. The van der Waals surface area contributed by atoms with E-state index in [2.05, 4.69) is 11.9 Å². The maximum Gasteiger partial charge on any atom is 0.182 e. The van der Waals surface area contributed by atoms with E-state index in [4.69, 9.17) is 4.74 Å². The summed E-state index contributed by atoms with van der Waals surface area (Å²) in [6.07, 6.45) is 0.972. The molecule has 6 heteroatoms. The van der Waals surface area contributed by atoms with Crippen LogP contribution >= 0.6 is 28.7 Å². The van der Waals surface area contributed by atoms with Crippen LogP contribution in [0.2, 0.25) is 0 Å². The highest BCUT2D eigenvalue weighted by molar-refractivity contribution is 8.93. The molecule has 2 aromatic rings. The number of benzene rings is 2. The molecule has 0 aliphatic carbocycles. The second-order valence-electron chi connectivity index (χ2n) is 5.77. The van der Waals surface area contributed by atoms with Gasteiger partial charge in [0.25, 0.3) is 0 Å². The fourth-order valence-electron chi connectivity index (χ4n) is 2.68. The molecule has 0 bridgehead atoms. The summed E-state index contributed by atoms with van der Waals surface area (Å²) >= 11 is 1.69. The van der Waals surface area contributed by atoms with Gasteiger partial charge in [0, 0.05) is 17.0 Å². The molecular weight excluding hydrogens is 412 g/mol. The van der Waals surface area contributed by atoms with Crippen molar-refractivity contribution in [3.05, 3.63) is 59.7 Å². The van der Waals surface area contributed by atoms with Gasteiger partial charge < -0.3 is 9.64 Å². The number of hydrogen-bond acceptors (Lipinski definition) is 5. The van der Waals surface area contributed by atoms with Crippen molar-refractivity contribution in [2.45, 2.75) is 13.3 Å². The van der Waals surface area contributed by atoms with Gasteiger partial charge in [0.15, 0.2) is 11.0 Å². The Bertz CT molecular complexity index is 760. The zero-order valence-corrected chi connectivity index (χ0v) is 17.5. The summed E-state index contributed by atoms with van der Waals surface area (Å²) in [6.45, 7) is 3.19. The average Bonchev–Trinajstić information content (AvgIpc) is 3.20. The van der Waals surface area contributed by atoms with E-state index in [-0.39, 0.29) is 29.3 Å². The largest absolute Gasteiger partial charge is 0.497 e. The summed E-state index contributed by atoms with van der Waals surface area (Å²) in [5.74, 6) is 1.85. The van der Waals surface area contributed by atoms with Crippen LogP contribution in [0.25, 0.3) is 0 Å². The molecular formula is C20H23BrN2O2S. The molecule has 0 saturated carbocycles. The zero-order chi connectivity index (χ0) is 17.6. The van der Waals surface area contributed by atoms with Crippen molar-refractivity contribution in [3.8, 4) is 5.75 Å². The van der Waals surface area contributed by atoms with Gasteiger partial charge in [-0.1, -0.05) is 43.0 Å². The molecule has 0 saturated heterocycles. The Kier molecular flexibility index (Phi) is 7.72. The van der Waals surface area contributed by atoms with Crippen molar-refractivity contribution >= 4 is 45.4 Å². The lowest BCUT2D eigenvalue weighted by Crippen LogP contribution is -2.33. The third kappa shape index (κ3) is 4.89. The molecule has 0 aromatic heterocycles. The molecule has 0 N–H and O–H groups in total. The monoisotopic (exact) mass is 434 g/mol. The number of methoxy groups -OCH3 is 1. The minimum Gasteiger partial charge on any atom is -0.497 e. The number of hydrogen-bond donors (Lipinski definition) is 0. The van der Waals surface area contributed by atoms with Gasteiger partial charge in [-0.2, -0.15) is 0 Å². The van der Waals surface area contributed by atoms with Crippen LogP contribution < -0.4 is 9.64 Å². The molecule has 2 aromatic carbocycles. The van der Waals surface area contributed by atoms with Crippen LogP contribution in [-0.4, -0.2) is 36.9 Å². The van der Waals surface area contributed by atoms with Crippen molar-refractivity contribution in [3.63, 3.8) is 0 Å².